The number of hydrogen-bond acceptors (Lipinski definition) is 0. The van der Waals surface area contributed by atoms with Gasteiger partial charge < -0.3 is 14.9 Å². The SMILES string of the molecule is CC1=[C-]C(C)C(C)=C1C.CCCC1=[C-]CC=C1.[CH3-].[CH3-].[Zr+4]. The molecule has 20 heavy (non-hydrogen) atoms. The average molecular weight is 350 g/mol. The second-order valence-corrected chi connectivity index (χ2v) is 4.86. The minimum absolute atomic E-state index is 0. The Morgan fingerprint density at radius 2 is 1.80 bits per heavy atom. The molecule has 0 N–H and O–H groups in total. The smallest absolute Gasteiger partial charge is 0.358 e. The summed E-state index contributed by atoms with van der Waals surface area (Å²) in [4.78, 5) is 0. The topological polar surface area (TPSA) is 0 Å². The maximum absolute atomic E-state index is 3.36. The molecule has 0 saturated heterocycles. The molecule has 0 aromatic carbocycles. The Kier molecular flexibility index (Phi) is 15.6. The Labute approximate surface area is 147 Å². The van der Waals surface area contributed by atoms with Crippen LogP contribution in [0.4, 0.5) is 0 Å². The maximum Gasteiger partial charge on any atom is 4.00 e. The van der Waals surface area contributed by atoms with Crippen LogP contribution in [-0.4, -0.2) is 0 Å². The number of hydrogen-bond donors (Lipinski definition) is 0. The fourth-order valence-electron chi connectivity index (χ4n) is 2.05. The van der Waals surface area contributed by atoms with Crippen molar-refractivity contribution < 1.29 is 26.2 Å². The van der Waals surface area contributed by atoms with Crippen LogP contribution in [0.15, 0.2) is 34.4 Å². The summed E-state index contributed by atoms with van der Waals surface area (Å²) in [6.45, 7) is 10.9. The van der Waals surface area contributed by atoms with Crippen LogP contribution in [0.25, 0.3) is 0 Å². The maximum atomic E-state index is 3.36. The van der Waals surface area contributed by atoms with Gasteiger partial charge in [-0.2, -0.15) is 17.2 Å². The van der Waals surface area contributed by atoms with Crippen LogP contribution in [0.3, 0.4) is 0 Å². The van der Waals surface area contributed by atoms with Crippen LogP contribution < -0.4 is 0 Å². The molecule has 2 rings (SSSR count). The molecule has 0 saturated carbocycles. The van der Waals surface area contributed by atoms with Crippen molar-refractivity contribution in [1.82, 2.24) is 0 Å². The fourth-order valence-corrected chi connectivity index (χ4v) is 2.05. The molecule has 0 aromatic heterocycles. The number of rotatable bonds is 2. The molecule has 0 aliphatic heterocycles. The first kappa shape index (κ1) is 24.8. The van der Waals surface area contributed by atoms with Crippen LogP contribution >= 0.6 is 0 Å². The van der Waals surface area contributed by atoms with Gasteiger partial charge in [0.25, 0.3) is 0 Å². The summed E-state index contributed by atoms with van der Waals surface area (Å²) < 4.78 is 0. The minimum Gasteiger partial charge on any atom is -0.358 e. The molecule has 0 radical (unpaired) electrons. The predicted octanol–water partition coefficient (Wildman–Crippen LogP) is 6.10. The van der Waals surface area contributed by atoms with Crippen molar-refractivity contribution in [3.8, 4) is 0 Å². The molecule has 1 heteroatoms. The minimum atomic E-state index is 0. The summed E-state index contributed by atoms with van der Waals surface area (Å²) in [5.41, 5.74) is 5.64. The van der Waals surface area contributed by atoms with Gasteiger partial charge in [-0.05, 0) is 0 Å². The standard InChI is InChI=1S/C9H13.C8H11.2CH3.Zr/c1-6-5-7(2)9(4)8(6)3;1-2-5-8-6-3-4-7-8;;;/h6H,1-4H3;3,6H,2,4-5H2,1H3;2*1H3;/q4*-1;+4. The van der Waals surface area contributed by atoms with Gasteiger partial charge in [0.05, 0.1) is 0 Å². The van der Waals surface area contributed by atoms with Crippen LogP contribution in [-0.2, 0) is 26.2 Å². The van der Waals surface area contributed by atoms with Gasteiger partial charge in [-0.25, -0.2) is 17.2 Å². The molecular weight excluding hydrogens is 319 g/mol. The van der Waals surface area contributed by atoms with Crippen LogP contribution in [0.5, 0.6) is 0 Å². The summed E-state index contributed by atoms with van der Waals surface area (Å²) in [7, 11) is 0. The van der Waals surface area contributed by atoms with Crippen molar-refractivity contribution in [2.75, 3.05) is 0 Å². The van der Waals surface area contributed by atoms with Gasteiger partial charge in [0.15, 0.2) is 0 Å². The molecule has 0 spiro atoms. The first-order valence-electron chi connectivity index (χ1n) is 6.60. The molecule has 1 unspecified atom stereocenters. The molecule has 2 aliphatic carbocycles. The van der Waals surface area contributed by atoms with Crippen molar-refractivity contribution in [2.45, 2.75) is 53.9 Å². The van der Waals surface area contributed by atoms with E-state index in [9.17, 15) is 0 Å². The predicted molar refractivity (Wildman–Crippen MR) is 88.2 cm³/mol. The third kappa shape index (κ3) is 7.58. The third-order valence-electron chi connectivity index (χ3n) is 3.52. The Hall–Kier alpha value is -0.157. The van der Waals surface area contributed by atoms with Gasteiger partial charge in [-0.3, -0.25) is 12.2 Å². The molecular formula is C19H30Zr. The summed E-state index contributed by atoms with van der Waals surface area (Å²) in [6, 6.07) is 0. The van der Waals surface area contributed by atoms with Crippen molar-refractivity contribution in [1.29, 1.82) is 0 Å². The molecule has 0 aromatic rings. The second-order valence-electron chi connectivity index (χ2n) is 4.86. The summed E-state index contributed by atoms with van der Waals surface area (Å²) in [6.07, 6.45) is 14.4. The van der Waals surface area contributed by atoms with Gasteiger partial charge in [-0.15, -0.1) is 13.3 Å². The van der Waals surface area contributed by atoms with E-state index in [1.807, 2.05) is 0 Å². The molecule has 0 amide bonds. The quantitative estimate of drug-likeness (QED) is 0.529. The Bertz CT molecular complexity index is 381. The molecule has 0 nitrogen and oxygen atoms in total. The van der Waals surface area contributed by atoms with Crippen LogP contribution in [0.2, 0.25) is 0 Å². The summed E-state index contributed by atoms with van der Waals surface area (Å²) in [5, 5.41) is 0. The van der Waals surface area contributed by atoms with E-state index in [4.69, 9.17) is 0 Å². The van der Waals surface area contributed by atoms with E-state index < -0.39 is 0 Å². The van der Waals surface area contributed by atoms with Gasteiger partial charge in [0.1, 0.15) is 0 Å². The van der Waals surface area contributed by atoms with Crippen molar-refractivity contribution >= 4 is 0 Å². The van der Waals surface area contributed by atoms with E-state index in [-0.39, 0.29) is 41.1 Å². The van der Waals surface area contributed by atoms with Crippen molar-refractivity contribution in [2.24, 2.45) is 5.92 Å². The Morgan fingerprint density at radius 3 is 2.05 bits per heavy atom. The Morgan fingerprint density at radius 1 is 1.20 bits per heavy atom. The average Bonchev–Trinajstić information content (AvgIpc) is 2.87. The van der Waals surface area contributed by atoms with E-state index in [0.29, 0.717) is 5.92 Å². The summed E-state index contributed by atoms with van der Waals surface area (Å²) in [5.74, 6) is 0.560. The van der Waals surface area contributed by atoms with Crippen LogP contribution in [0, 0.1) is 32.9 Å². The third-order valence-corrected chi connectivity index (χ3v) is 3.52. The normalized spacial score (nSPS) is 18.9. The van der Waals surface area contributed by atoms with Gasteiger partial charge >= 0.3 is 26.2 Å². The van der Waals surface area contributed by atoms with Crippen molar-refractivity contribution in [3.63, 3.8) is 0 Å². The summed E-state index contributed by atoms with van der Waals surface area (Å²) >= 11 is 0. The molecule has 0 heterocycles. The zero-order valence-corrected chi connectivity index (χ0v) is 16.8. The second kappa shape index (κ2) is 12.6. The molecule has 2 aliphatic rings. The number of allylic oxidation sites excluding steroid dienone is 8. The van der Waals surface area contributed by atoms with Gasteiger partial charge in [-0.1, -0.05) is 46.5 Å². The first-order chi connectivity index (χ1) is 8.06. The zero-order valence-electron chi connectivity index (χ0n) is 14.4. The fraction of sp³-hybridized carbons (Fsp3) is 0.474. The molecule has 0 bridgehead atoms. The van der Waals surface area contributed by atoms with Crippen LogP contribution in [0.1, 0.15) is 53.9 Å². The monoisotopic (exact) mass is 348 g/mol. The first-order valence-corrected chi connectivity index (χ1v) is 6.60. The van der Waals surface area contributed by atoms with E-state index in [1.165, 1.54) is 35.1 Å². The van der Waals surface area contributed by atoms with Crippen molar-refractivity contribution in [3.05, 3.63) is 61.4 Å². The van der Waals surface area contributed by atoms with E-state index in [0.717, 1.165) is 6.42 Å². The Balaban J connectivity index is -0.000000252. The van der Waals surface area contributed by atoms with E-state index in [2.05, 4.69) is 58.9 Å². The zero-order chi connectivity index (χ0) is 12.8. The largest absolute Gasteiger partial charge is 4.00 e. The molecule has 1 atom stereocenters. The molecule has 0 fully saturated rings. The van der Waals surface area contributed by atoms with Gasteiger partial charge in [0, 0.05) is 0 Å². The van der Waals surface area contributed by atoms with Gasteiger partial charge in [0.2, 0.25) is 0 Å². The van der Waals surface area contributed by atoms with E-state index >= 15 is 0 Å². The van der Waals surface area contributed by atoms with E-state index in [1.54, 1.807) is 0 Å². The molecule has 110 valence electrons.